The molecule has 2 fully saturated rings. The van der Waals surface area contributed by atoms with Crippen molar-refractivity contribution in [1.82, 2.24) is 20.4 Å². The topological polar surface area (TPSA) is 140 Å². The Labute approximate surface area is 271 Å². The van der Waals surface area contributed by atoms with Crippen molar-refractivity contribution in [3.05, 3.63) is 107 Å². The van der Waals surface area contributed by atoms with Gasteiger partial charge in [-0.1, -0.05) is 38.1 Å². The zero-order chi connectivity index (χ0) is 32.7. The summed E-state index contributed by atoms with van der Waals surface area (Å²) in [5.41, 5.74) is 3.30. The van der Waals surface area contributed by atoms with Crippen molar-refractivity contribution < 1.29 is 28.7 Å². The number of carbonyl (C=O) groups is 4. The quantitative estimate of drug-likeness (QED) is 0.244. The first-order chi connectivity index (χ1) is 22.7. The number of piperidine rings is 1. The molecule has 2 N–H and O–H groups in total. The van der Waals surface area contributed by atoms with Gasteiger partial charge >= 0.3 is 0 Å². The molecule has 7 rings (SSSR count). The van der Waals surface area contributed by atoms with Gasteiger partial charge in [0, 0.05) is 48.7 Å². The Morgan fingerprint density at radius 3 is 2.19 bits per heavy atom. The van der Waals surface area contributed by atoms with Crippen molar-refractivity contribution in [3.63, 3.8) is 0 Å². The molecule has 3 aromatic carbocycles. The van der Waals surface area contributed by atoms with Gasteiger partial charge < -0.3 is 14.8 Å². The van der Waals surface area contributed by atoms with E-state index in [1.54, 1.807) is 36.5 Å². The molecule has 0 spiro atoms. The molecule has 4 amide bonds. The third-order valence-electron chi connectivity index (χ3n) is 9.13. The number of hydrogen-bond acceptors (Lipinski definition) is 9. The highest BCUT2D eigenvalue weighted by Gasteiger charge is 2.44. The number of rotatable bonds is 9. The number of anilines is 1. The Balaban J connectivity index is 0.921. The van der Waals surface area contributed by atoms with Crippen LogP contribution in [0.4, 0.5) is 5.69 Å². The van der Waals surface area contributed by atoms with Gasteiger partial charge in [-0.15, -0.1) is 5.10 Å². The van der Waals surface area contributed by atoms with Crippen LogP contribution in [0, 0.1) is 0 Å². The molecule has 0 bridgehead atoms. The second-order valence-corrected chi connectivity index (χ2v) is 12.6. The second kappa shape index (κ2) is 12.0. The molecule has 3 heterocycles. The molecule has 1 unspecified atom stereocenters. The molecule has 3 aliphatic rings. The summed E-state index contributed by atoms with van der Waals surface area (Å²) in [6.45, 7) is 4.36. The van der Waals surface area contributed by atoms with Crippen LogP contribution in [0.15, 0.2) is 85.1 Å². The van der Waals surface area contributed by atoms with E-state index in [9.17, 15) is 19.2 Å². The molecule has 11 heteroatoms. The van der Waals surface area contributed by atoms with E-state index in [2.05, 4.69) is 58.9 Å². The molecule has 1 atom stereocenters. The third-order valence-corrected chi connectivity index (χ3v) is 9.13. The van der Waals surface area contributed by atoms with E-state index in [1.165, 1.54) is 0 Å². The van der Waals surface area contributed by atoms with Crippen molar-refractivity contribution >= 4 is 29.3 Å². The number of ether oxygens (including phenoxy) is 2. The molecule has 4 aromatic rings. The van der Waals surface area contributed by atoms with E-state index in [0.29, 0.717) is 11.6 Å². The van der Waals surface area contributed by atoms with Crippen LogP contribution in [0.3, 0.4) is 0 Å². The normalized spacial score (nSPS) is 20.7. The van der Waals surface area contributed by atoms with Crippen molar-refractivity contribution in [2.45, 2.75) is 63.1 Å². The number of aromatic nitrogens is 2. The van der Waals surface area contributed by atoms with Crippen molar-refractivity contribution in [2.75, 3.05) is 5.32 Å². The van der Waals surface area contributed by atoms with E-state index >= 15 is 0 Å². The van der Waals surface area contributed by atoms with Gasteiger partial charge in [0.15, 0.2) is 0 Å². The van der Waals surface area contributed by atoms with Crippen LogP contribution in [0.2, 0.25) is 0 Å². The minimum atomic E-state index is -0.982. The lowest BCUT2D eigenvalue weighted by atomic mass is 9.78. The average molecular weight is 632 g/mol. The lowest BCUT2D eigenvalue weighted by Crippen LogP contribution is -2.54. The van der Waals surface area contributed by atoms with Gasteiger partial charge in [-0.3, -0.25) is 29.4 Å². The molecular formula is C36H33N5O6. The number of hydrogen-bond donors (Lipinski definition) is 2. The number of carbonyl (C=O) groups excluding carboxylic acids is 4. The zero-order valence-electron chi connectivity index (χ0n) is 25.9. The fourth-order valence-corrected chi connectivity index (χ4v) is 6.29. The molecule has 1 saturated carbocycles. The minimum Gasteiger partial charge on any atom is -0.490 e. The Kier molecular flexibility index (Phi) is 7.67. The first kappa shape index (κ1) is 30.1. The summed E-state index contributed by atoms with van der Waals surface area (Å²) in [6, 6.07) is 23.9. The number of nitrogens with one attached hydrogen (secondary N) is 2. The number of benzene rings is 3. The summed E-state index contributed by atoms with van der Waals surface area (Å²) in [6.07, 6.45) is 3.42. The molecule has 11 nitrogen and oxygen atoms in total. The predicted octanol–water partition coefficient (Wildman–Crippen LogP) is 5.02. The summed E-state index contributed by atoms with van der Waals surface area (Å²) in [5, 5.41) is 13.4. The molecule has 1 aliphatic carbocycles. The van der Waals surface area contributed by atoms with Gasteiger partial charge in [-0.05, 0) is 66.1 Å². The Bertz CT molecular complexity index is 1850. The molecule has 2 aliphatic heterocycles. The van der Waals surface area contributed by atoms with Gasteiger partial charge in [0.1, 0.15) is 23.6 Å². The highest BCUT2D eigenvalue weighted by molar-refractivity contribution is 6.23. The first-order valence-electron chi connectivity index (χ1n) is 15.6. The highest BCUT2D eigenvalue weighted by Crippen LogP contribution is 2.36. The Morgan fingerprint density at radius 2 is 1.53 bits per heavy atom. The van der Waals surface area contributed by atoms with Crippen LogP contribution < -0.4 is 20.1 Å². The summed E-state index contributed by atoms with van der Waals surface area (Å²) in [5.74, 6) is -0.115. The fourth-order valence-electron chi connectivity index (χ4n) is 6.29. The van der Waals surface area contributed by atoms with Crippen molar-refractivity contribution in [3.8, 4) is 17.4 Å². The maximum absolute atomic E-state index is 13.1. The van der Waals surface area contributed by atoms with Crippen LogP contribution >= 0.6 is 0 Å². The van der Waals surface area contributed by atoms with Crippen LogP contribution in [0.1, 0.15) is 71.4 Å². The van der Waals surface area contributed by atoms with Gasteiger partial charge in [-0.25, -0.2) is 0 Å². The molecule has 0 radical (unpaired) electrons. The van der Waals surface area contributed by atoms with Crippen molar-refractivity contribution in [2.24, 2.45) is 0 Å². The van der Waals surface area contributed by atoms with Gasteiger partial charge in [0.05, 0.1) is 11.1 Å². The number of amides is 4. The number of fused-ring (bicyclic) bond motifs is 1. The molecule has 238 valence electrons. The minimum absolute atomic E-state index is 0.0499. The Hall–Kier alpha value is -5.58. The summed E-state index contributed by atoms with van der Waals surface area (Å²) >= 11 is 0. The van der Waals surface area contributed by atoms with Crippen LogP contribution in [-0.4, -0.2) is 56.9 Å². The van der Waals surface area contributed by atoms with E-state index in [4.69, 9.17) is 9.47 Å². The summed E-state index contributed by atoms with van der Waals surface area (Å²) in [4.78, 5) is 50.9. The first-order valence-corrected chi connectivity index (χ1v) is 15.6. The summed E-state index contributed by atoms with van der Waals surface area (Å²) < 4.78 is 12.0. The SMILES string of the molecule is CC(C)(c1ccc(Oc2cccnn2)cc1)c1ccc(O[C@H]2C[C@H](Nc3ccc4c(c3)C(=O)N(C3CCC(=O)NC3=O)C4=O)C2)cc1. The largest absolute Gasteiger partial charge is 0.490 e. The van der Waals surface area contributed by atoms with Crippen molar-refractivity contribution in [1.29, 1.82) is 0 Å². The van der Waals surface area contributed by atoms with Gasteiger partial charge in [0.25, 0.3) is 11.8 Å². The second-order valence-electron chi connectivity index (χ2n) is 12.6. The Morgan fingerprint density at radius 1 is 0.851 bits per heavy atom. The zero-order valence-corrected chi connectivity index (χ0v) is 25.9. The summed E-state index contributed by atoms with van der Waals surface area (Å²) in [7, 11) is 0. The highest BCUT2D eigenvalue weighted by atomic mass is 16.5. The average Bonchev–Trinajstić information content (AvgIpc) is 3.29. The number of nitrogens with zero attached hydrogens (tertiary/aromatic N) is 3. The predicted molar refractivity (Wildman–Crippen MR) is 171 cm³/mol. The van der Waals surface area contributed by atoms with E-state index in [0.717, 1.165) is 40.3 Å². The maximum atomic E-state index is 13.1. The van der Waals surface area contributed by atoms with Gasteiger partial charge in [-0.2, -0.15) is 5.10 Å². The van der Waals surface area contributed by atoms with E-state index < -0.39 is 29.7 Å². The maximum Gasteiger partial charge on any atom is 0.262 e. The molecule has 1 saturated heterocycles. The lowest BCUT2D eigenvalue weighted by molar-refractivity contribution is -0.136. The van der Waals surface area contributed by atoms with Crippen LogP contribution in [0.25, 0.3) is 0 Å². The molecular weight excluding hydrogens is 598 g/mol. The van der Waals surface area contributed by atoms with Crippen LogP contribution in [0.5, 0.6) is 17.4 Å². The standard InChI is InChI=1S/C36H33N5O6/c1-36(2,22-7-12-26(13-8-22)47-32-4-3-17-37-40-32)21-5-10-25(11-6-21)46-27-18-24(19-27)38-23-9-14-28-29(20-23)35(45)41(34(28)44)30-15-16-31(42)39-33(30)43/h3-14,17,20,24,27,30,38H,15-16,18-19H2,1-2H3,(H,39,42,43)/t24-,27-,30?. The van der Waals surface area contributed by atoms with Gasteiger partial charge in [0.2, 0.25) is 17.7 Å². The monoisotopic (exact) mass is 631 g/mol. The fraction of sp³-hybridized carbons (Fsp3) is 0.278. The third kappa shape index (κ3) is 5.92. The van der Waals surface area contributed by atoms with E-state index in [-0.39, 0.29) is 41.5 Å². The van der Waals surface area contributed by atoms with Crippen LogP contribution in [-0.2, 0) is 15.0 Å². The number of imide groups is 2. The molecule has 1 aromatic heterocycles. The lowest BCUT2D eigenvalue weighted by Gasteiger charge is -2.36. The smallest absolute Gasteiger partial charge is 0.262 e. The van der Waals surface area contributed by atoms with E-state index in [1.807, 2.05) is 24.3 Å². The molecule has 47 heavy (non-hydrogen) atoms.